The second kappa shape index (κ2) is 5.37. The monoisotopic (exact) mass is 218 g/mol. The van der Waals surface area contributed by atoms with Gasteiger partial charge >= 0.3 is 0 Å². The van der Waals surface area contributed by atoms with E-state index in [-0.39, 0.29) is 0 Å². The third kappa shape index (κ3) is 2.87. The van der Waals surface area contributed by atoms with Crippen LogP contribution in [0.3, 0.4) is 0 Å². The molecule has 0 aliphatic rings. The molecule has 0 aromatic carbocycles. The van der Waals surface area contributed by atoms with Gasteiger partial charge < -0.3 is 10.2 Å². The number of rotatable bonds is 5. The first-order valence-electron chi connectivity index (χ1n) is 5.28. The minimum Gasteiger partial charge on any atom is -0.425 e. The molecule has 0 saturated heterocycles. The van der Waals surface area contributed by atoms with Gasteiger partial charge in [0, 0.05) is 31.8 Å². The van der Waals surface area contributed by atoms with Gasteiger partial charge in [0.25, 0.3) is 0 Å². The fourth-order valence-corrected chi connectivity index (χ4v) is 1.41. The predicted octanol–water partition coefficient (Wildman–Crippen LogP) is 0.751. The van der Waals surface area contributed by atoms with Crippen molar-refractivity contribution in [3.63, 3.8) is 0 Å². The quantitative estimate of drug-likeness (QED) is 0.801. The molecule has 0 unspecified atom stereocenters. The number of nitrogens with zero attached hydrogens (tertiary/aromatic N) is 3. The van der Waals surface area contributed by atoms with Crippen LogP contribution < -0.4 is 5.73 Å². The minimum atomic E-state index is 0.532. The van der Waals surface area contributed by atoms with Crippen molar-refractivity contribution in [2.24, 2.45) is 5.73 Å². The summed E-state index contributed by atoms with van der Waals surface area (Å²) in [7, 11) is 0. The maximum absolute atomic E-state index is 5.42. The molecule has 84 valence electrons. The van der Waals surface area contributed by atoms with Gasteiger partial charge in [0.2, 0.25) is 11.8 Å². The molecule has 16 heavy (non-hydrogen) atoms. The summed E-state index contributed by atoms with van der Waals surface area (Å²) in [5.41, 5.74) is 6.57. The molecule has 0 atom stereocenters. The second-order valence-electron chi connectivity index (χ2n) is 3.49. The average molecular weight is 218 g/mol. The first-order chi connectivity index (χ1) is 7.88. The van der Waals surface area contributed by atoms with E-state index in [4.69, 9.17) is 10.2 Å². The van der Waals surface area contributed by atoms with Gasteiger partial charge in [-0.15, -0.1) is 10.2 Å². The number of nitrogens with two attached hydrogens (primary N) is 1. The molecule has 0 aliphatic carbocycles. The Morgan fingerprint density at radius 1 is 1.12 bits per heavy atom. The molecule has 2 rings (SSSR count). The Morgan fingerprint density at radius 3 is 2.62 bits per heavy atom. The number of pyridine rings is 1. The van der Waals surface area contributed by atoms with Gasteiger partial charge in [0.05, 0.1) is 0 Å². The molecule has 0 saturated carbocycles. The molecular formula is C11H14N4O. The van der Waals surface area contributed by atoms with Crippen LogP contribution in [0, 0.1) is 0 Å². The molecule has 0 aliphatic heterocycles. The van der Waals surface area contributed by atoms with Gasteiger partial charge in [0.15, 0.2) is 0 Å². The lowest BCUT2D eigenvalue weighted by molar-refractivity contribution is 0.449. The lowest BCUT2D eigenvalue weighted by Crippen LogP contribution is -2.02. The minimum absolute atomic E-state index is 0.532. The van der Waals surface area contributed by atoms with Crippen LogP contribution in [0.1, 0.15) is 17.3 Å². The third-order valence-corrected chi connectivity index (χ3v) is 2.22. The highest BCUT2D eigenvalue weighted by atomic mass is 16.4. The number of hydrogen-bond acceptors (Lipinski definition) is 5. The fraction of sp³-hybridized carbons (Fsp3) is 0.364. The highest BCUT2D eigenvalue weighted by molar-refractivity contribution is 5.09. The smallest absolute Gasteiger partial charge is 0.217 e. The molecule has 0 fully saturated rings. The summed E-state index contributed by atoms with van der Waals surface area (Å²) >= 11 is 0. The lowest BCUT2D eigenvalue weighted by Gasteiger charge is -1.96. The zero-order valence-electron chi connectivity index (χ0n) is 8.97. The van der Waals surface area contributed by atoms with Gasteiger partial charge in [-0.3, -0.25) is 4.98 Å². The van der Waals surface area contributed by atoms with Crippen LogP contribution in [0.2, 0.25) is 0 Å². The Hall–Kier alpha value is -1.75. The molecule has 2 N–H and O–H groups in total. The van der Waals surface area contributed by atoms with Gasteiger partial charge in [-0.2, -0.15) is 0 Å². The largest absolute Gasteiger partial charge is 0.425 e. The van der Waals surface area contributed by atoms with E-state index in [0.29, 0.717) is 24.7 Å². The average Bonchev–Trinajstić information content (AvgIpc) is 2.76. The molecule has 0 amide bonds. The van der Waals surface area contributed by atoms with E-state index in [0.717, 1.165) is 12.8 Å². The van der Waals surface area contributed by atoms with Crippen molar-refractivity contribution in [1.82, 2.24) is 15.2 Å². The first kappa shape index (κ1) is 10.8. The molecule has 5 heteroatoms. The first-order valence-corrected chi connectivity index (χ1v) is 5.28. The van der Waals surface area contributed by atoms with Crippen molar-refractivity contribution >= 4 is 0 Å². The molecule has 5 nitrogen and oxygen atoms in total. The van der Waals surface area contributed by atoms with Crippen LogP contribution in [0.25, 0.3) is 0 Å². The van der Waals surface area contributed by atoms with Crippen LogP contribution in [0.4, 0.5) is 0 Å². The highest BCUT2D eigenvalue weighted by Crippen LogP contribution is 2.05. The van der Waals surface area contributed by atoms with Gasteiger partial charge in [-0.05, 0) is 18.1 Å². The molecular weight excluding hydrogens is 204 g/mol. The highest BCUT2D eigenvalue weighted by Gasteiger charge is 2.05. The van der Waals surface area contributed by atoms with Crippen molar-refractivity contribution in [2.75, 3.05) is 6.54 Å². The van der Waals surface area contributed by atoms with Gasteiger partial charge in [-0.25, -0.2) is 0 Å². The van der Waals surface area contributed by atoms with Crippen LogP contribution in [-0.4, -0.2) is 21.7 Å². The fourth-order valence-electron chi connectivity index (χ4n) is 1.41. The van der Waals surface area contributed by atoms with E-state index in [9.17, 15) is 0 Å². The summed E-state index contributed by atoms with van der Waals surface area (Å²) in [5, 5.41) is 7.86. The van der Waals surface area contributed by atoms with Crippen LogP contribution in [0.5, 0.6) is 0 Å². The SMILES string of the molecule is NCCc1nnc(CCc2cccnc2)o1. The zero-order chi connectivity index (χ0) is 11.2. The van der Waals surface area contributed by atoms with Crippen molar-refractivity contribution < 1.29 is 4.42 Å². The molecule has 0 bridgehead atoms. The summed E-state index contributed by atoms with van der Waals surface area (Å²) in [5.74, 6) is 1.27. The molecule has 0 radical (unpaired) electrons. The second-order valence-corrected chi connectivity index (χ2v) is 3.49. The van der Waals surface area contributed by atoms with E-state index < -0.39 is 0 Å². The normalized spacial score (nSPS) is 10.6. The molecule has 2 aromatic rings. The number of aryl methyl sites for hydroxylation is 2. The standard InChI is InChI=1S/C11H14N4O/c12-6-5-11-15-14-10(16-11)4-3-9-2-1-7-13-8-9/h1-2,7-8H,3-6,12H2. The van der Waals surface area contributed by atoms with Gasteiger partial charge in [-0.1, -0.05) is 6.07 Å². The van der Waals surface area contributed by atoms with Crippen molar-refractivity contribution in [3.8, 4) is 0 Å². The molecule has 2 heterocycles. The van der Waals surface area contributed by atoms with E-state index >= 15 is 0 Å². The molecule has 2 aromatic heterocycles. The van der Waals surface area contributed by atoms with Gasteiger partial charge in [0.1, 0.15) is 0 Å². The maximum atomic E-state index is 5.42. The Labute approximate surface area is 93.7 Å². The topological polar surface area (TPSA) is 77.8 Å². The third-order valence-electron chi connectivity index (χ3n) is 2.22. The summed E-state index contributed by atoms with van der Waals surface area (Å²) < 4.78 is 5.42. The van der Waals surface area contributed by atoms with Crippen molar-refractivity contribution in [1.29, 1.82) is 0 Å². The van der Waals surface area contributed by atoms with E-state index in [1.165, 1.54) is 5.56 Å². The lowest BCUT2D eigenvalue weighted by atomic mass is 10.2. The summed E-state index contributed by atoms with van der Waals surface area (Å²) in [6.07, 6.45) is 5.84. The zero-order valence-corrected chi connectivity index (χ0v) is 8.97. The Bertz CT molecular complexity index is 427. The Morgan fingerprint density at radius 2 is 1.94 bits per heavy atom. The molecule has 0 spiro atoms. The van der Waals surface area contributed by atoms with Crippen LogP contribution in [-0.2, 0) is 19.3 Å². The number of aromatic nitrogens is 3. The van der Waals surface area contributed by atoms with Crippen LogP contribution in [0.15, 0.2) is 28.9 Å². The summed E-state index contributed by atoms with van der Waals surface area (Å²) in [6, 6.07) is 3.95. The van der Waals surface area contributed by atoms with E-state index in [2.05, 4.69) is 15.2 Å². The maximum Gasteiger partial charge on any atom is 0.217 e. The predicted molar refractivity (Wildman–Crippen MR) is 58.7 cm³/mol. The Kier molecular flexibility index (Phi) is 3.61. The van der Waals surface area contributed by atoms with Crippen molar-refractivity contribution in [3.05, 3.63) is 41.9 Å². The summed E-state index contributed by atoms with van der Waals surface area (Å²) in [6.45, 7) is 0.532. The van der Waals surface area contributed by atoms with Crippen LogP contribution >= 0.6 is 0 Å². The summed E-state index contributed by atoms with van der Waals surface area (Å²) in [4.78, 5) is 4.05. The Balaban J connectivity index is 1.89. The van der Waals surface area contributed by atoms with Crippen molar-refractivity contribution in [2.45, 2.75) is 19.3 Å². The number of hydrogen-bond donors (Lipinski definition) is 1. The van der Waals surface area contributed by atoms with E-state index in [1.54, 1.807) is 6.20 Å². The van der Waals surface area contributed by atoms with E-state index in [1.807, 2.05) is 18.3 Å².